The van der Waals surface area contributed by atoms with Crippen LogP contribution in [0.5, 0.6) is 0 Å². The molecule has 0 bridgehead atoms. The zero-order valence-electron chi connectivity index (χ0n) is 12.4. The number of aryl methyl sites for hydroxylation is 4. The van der Waals surface area contributed by atoms with E-state index >= 15 is 0 Å². The van der Waals surface area contributed by atoms with Gasteiger partial charge >= 0.3 is 29.7 Å². The fourth-order valence-corrected chi connectivity index (χ4v) is 3.23. The predicted molar refractivity (Wildman–Crippen MR) is 79.6 cm³/mol. The fraction of sp³-hybridized carbons (Fsp3) is 0.444. The van der Waals surface area contributed by atoms with E-state index in [0.717, 1.165) is 0 Å². The van der Waals surface area contributed by atoms with Crippen molar-refractivity contribution < 1.29 is 29.7 Å². The molecule has 0 unspecified atom stereocenters. The van der Waals surface area contributed by atoms with Crippen molar-refractivity contribution in [2.45, 2.75) is 51.4 Å². The minimum Gasteiger partial charge on any atom is -0.210 e. The molecule has 2 aliphatic carbocycles. The van der Waals surface area contributed by atoms with Gasteiger partial charge in [0.1, 0.15) is 0 Å². The van der Waals surface area contributed by atoms with Gasteiger partial charge in [-0.1, -0.05) is 51.4 Å². The van der Waals surface area contributed by atoms with Crippen LogP contribution in [-0.4, -0.2) is 0 Å². The van der Waals surface area contributed by atoms with Crippen LogP contribution >= 0.6 is 0 Å². The number of halogens is 2. The van der Waals surface area contributed by atoms with E-state index in [-0.39, 0.29) is 0 Å². The third-order valence-electron chi connectivity index (χ3n) is 4.30. The Morgan fingerprint density at radius 3 is 1.48 bits per heavy atom. The largest absolute Gasteiger partial charge is 0.210 e. The fourth-order valence-electron chi connectivity index (χ4n) is 3.23. The summed E-state index contributed by atoms with van der Waals surface area (Å²) in [5, 5.41) is 0. The summed E-state index contributed by atoms with van der Waals surface area (Å²) in [6.45, 7) is 0. The molecule has 0 fully saturated rings. The van der Waals surface area contributed by atoms with E-state index in [9.17, 15) is 5.25 Å². The molecule has 4 rings (SSSR count). The van der Waals surface area contributed by atoms with Crippen LogP contribution in [0.4, 0.5) is 5.25 Å². The van der Waals surface area contributed by atoms with E-state index in [1.165, 1.54) is 51.4 Å². The summed E-state index contributed by atoms with van der Waals surface area (Å²) in [5.41, 5.74) is 6.39. The molecule has 112 valence electrons. The molecule has 0 saturated carbocycles. The van der Waals surface area contributed by atoms with Crippen LogP contribution in [0.1, 0.15) is 47.9 Å². The van der Waals surface area contributed by atoms with Gasteiger partial charge in [-0.2, -0.15) is 46.5 Å². The Labute approximate surface area is 139 Å². The molecule has 3 heteroatoms. The van der Waals surface area contributed by atoms with Crippen LogP contribution in [0.2, 0.25) is 0 Å². The Kier molecular flexibility index (Phi) is 7.57. The minimum absolute atomic E-state index is 1.32. The summed E-state index contributed by atoms with van der Waals surface area (Å²) in [6, 6.07) is 13.4. The number of rotatable bonds is 0. The molecule has 0 saturated heterocycles. The molecule has 0 aliphatic heterocycles. The van der Waals surface area contributed by atoms with Gasteiger partial charge < -0.3 is 0 Å². The van der Waals surface area contributed by atoms with E-state index in [2.05, 4.69) is 36.4 Å². The van der Waals surface area contributed by atoms with Gasteiger partial charge in [0.15, 0.2) is 0 Å². The Bertz CT molecular complexity index is 426. The molecule has 0 heterocycles. The smallest absolute Gasteiger partial charge is 0.0512 e. The summed E-state index contributed by atoms with van der Waals surface area (Å²) < 4.78 is 19.6. The second-order valence-corrected chi connectivity index (χ2v) is 5.99. The number of fused-ring (bicyclic) bond motifs is 2. The van der Waals surface area contributed by atoms with Crippen molar-refractivity contribution in [3.63, 3.8) is 0 Å². The van der Waals surface area contributed by atoms with E-state index in [0.29, 0.717) is 0 Å². The summed E-state index contributed by atoms with van der Waals surface area (Å²) in [6.07, 6.45) is 10.9. The van der Waals surface area contributed by atoms with Crippen molar-refractivity contribution in [2.75, 3.05) is 0 Å². The summed E-state index contributed by atoms with van der Waals surface area (Å²) >= 11 is -2.77. The quantitative estimate of drug-likeness (QED) is 0.546. The van der Waals surface area contributed by atoms with E-state index < -0.39 is 24.5 Å². The first kappa shape index (κ1) is 16.8. The first-order chi connectivity index (χ1) is 10.3. The summed E-state index contributed by atoms with van der Waals surface area (Å²) in [4.78, 5) is 0. The Hall–Kier alpha value is -0.557. The van der Waals surface area contributed by atoms with Crippen LogP contribution in [0.25, 0.3) is 0 Å². The van der Waals surface area contributed by atoms with Gasteiger partial charge in [0, 0.05) is 0 Å². The zero-order chi connectivity index (χ0) is 14.9. The van der Waals surface area contributed by atoms with Crippen LogP contribution in [0, 0.1) is 0 Å². The minimum atomic E-state index is -2.77. The molecule has 0 amide bonds. The topological polar surface area (TPSA) is 0 Å². The van der Waals surface area contributed by atoms with Crippen molar-refractivity contribution in [2.24, 2.45) is 0 Å². The molecule has 2 aromatic carbocycles. The van der Waals surface area contributed by atoms with Gasteiger partial charge in [-0.05, 0) is 0 Å². The second kappa shape index (κ2) is 9.46. The van der Waals surface area contributed by atoms with Crippen molar-refractivity contribution in [3.8, 4) is 0 Å². The molecule has 0 nitrogen and oxygen atoms in total. The molecule has 0 radical (unpaired) electrons. The van der Waals surface area contributed by atoms with Crippen molar-refractivity contribution >= 4 is 0 Å². The summed E-state index contributed by atoms with van der Waals surface area (Å²) in [7, 11) is 0. The first-order valence-electron chi connectivity index (χ1n) is 7.78. The van der Waals surface area contributed by atoms with Crippen LogP contribution < -0.4 is 0 Å². The average Bonchev–Trinajstić information content (AvgIpc) is 3.17. The normalized spacial score (nSPS) is 15.3. The molecule has 0 N–H and O–H groups in total. The molecule has 2 aliphatic rings. The predicted octanol–water partition coefficient (Wildman–Crippen LogP) is 5.41. The molecule has 0 aromatic heterocycles. The third kappa shape index (κ3) is 5.29. The van der Waals surface area contributed by atoms with Crippen molar-refractivity contribution in [1.82, 2.24) is 0 Å². The monoisotopic (exact) mass is 366 g/mol. The number of hydrogen-bond donors (Lipinski definition) is 0. The van der Waals surface area contributed by atoms with Gasteiger partial charge in [0.2, 0.25) is 0 Å². The molecular formula is C18H22F2Zr. The van der Waals surface area contributed by atoms with Gasteiger partial charge in [-0.15, -0.1) is 0 Å². The molecule has 2 aromatic rings. The maximum Gasteiger partial charge on any atom is -0.0512 e. The first-order valence-corrected chi connectivity index (χ1v) is 9.64. The van der Waals surface area contributed by atoms with Gasteiger partial charge in [-0.3, -0.25) is 0 Å². The van der Waals surface area contributed by atoms with Gasteiger partial charge in [0.05, 0.1) is 0 Å². The average molecular weight is 368 g/mol. The van der Waals surface area contributed by atoms with E-state index in [4.69, 9.17) is 0 Å². The Morgan fingerprint density at radius 2 is 1.10 bits per heavy atom. The maximum absolute atomic E-state index is 9.80. The Morgan fingerprint density at radius 1 is 0.714 bits per heavy atom. The van der Waals surface area contributed by atoms with Crippen LogP contribution in [0.3, 0.4) is 0 Å². The zero-order valence-corrected chi connectivity index (χ0v) is 14.8. The molecule has 0 spiro atoms. The third-order valence-corrected chi connectivity index (χ3v) is 4.30. The summed E-state index contributed by atoms with van der Waals surface area (Å²) in [5.74, 6) is 0. The van der Waals surface area contributed by atoms with Gasteiger partial charge in [-0.25, -0.2) is 12.1 Å². The van der Waals surface area contributed by atoms with Crippen LogP contribution in [-0.2, 0) is 50.1 Å². The van der Waals surface area contributed by atoms with Crippen LogP contribution in [0.15, 0.2) is 36.4 Å². The molecule has 21 heavy (non-hydrogen) atoms. The molecular weight excluding hydrogens is 345 g/mol. The SMILES string of the molecule is [F][Zr+2][F].c1cc2c([cH-]1)CCCC2.c1cc2c([cH-]1)CCCC2. The number of hydrogen-bond acceptors (Lipinski definition) is 0. The standard InChI is InChI=1S/2C9H11.2FH.Zr/c2*1-2-5-9-7-3-6-8(9)4-1;;;/h2*3,6-7H,1-2,4-5H2;2*1H;/q2*-1;;;+4/p-2. The van der Waals surface area contributed by atoms with Crippen molar-refractivity contribution in [3.05, 3.63) is 58.7 Å². The van der Waals surface area contributed by atoms with Crippen molar-refractivity contribution in [1.29, 1.82) is 0 Å². The van der Waals surface area contributed by atoms with E-state index in [1.807, 2.05) is 0 Å². The molecule has 0 atom stereocenters. The van der Waals surface area contributed by atoms with E-state index in [1.54, 1.807) is 22.3 Å². The maximum atomic E-state index is 9.80. The van der Waals surface area contributed by atoms with Gasteiger partial charge in [0.25, 0.3) is 0 Å². The second-order valence-electron chi connectivity index (χ2n) is 5.64. The Balaban J connectivity index is 0.000000130.